The van der Waals surface area contributed by atoms with Gasteiger partial charge in [0, 0.05) is 12.3 Å². The highest BCUT2D eigenvalue weighted by Gasteiger charge is 2.14. The van der Waals surface area contributed by atoms with Crippen molar-refractivity contribution in [2.24, 2.45) is 0 Å². The fraction of sp³-hybridized carbons (Fsp3) is 0.286. The molecule has 1 N–H and O–H groups in total. The Bertz CT molecular complexity index is 1150. The molecule has 2 atom stereocenters. The van der Waals surface area contributed by atoms with Crippen LogP contribution in [0.25, 0.3) is 11.5 Å². The largest absolute Gasteiger partial charge is 0.470 e. The first-order valence-electron chi connectivity index (χ1n) is 9.77. The Morgan fingerprint density at radius 3 is 2.45 bits per heavy atom. The van der Waals surface area contributed by atoms with Crippen molar-refractivity contribution in [1.82, 2.24) is 34.7 Å². The Morgan fingerprint density at radius 1 is 1.06 bits per heavy atom. The zero-order valence-corrected chi connectivity index (χ0v) is 17.3. The minimum atomic E-state index is -1.03. The molecule has 0 aliphatic rings. The van der Waals surface area contributed by atoms with Crippen LogP contribution in [0.15, 0.2) is 48.9 Å². The predicted octanol–water partition coefficient (Wildman–Crippen LogP) is 3.21. The zero-order chi connectivity index (χ0) is 22.0. The highest BCUT2D eigenvalue weighted by Crippen LogP contribution is 2.20. The lowest BCUT2D eigenvalue weighted by Gasteiger charge is -2.10. The molecule has 0 saturated heterocycles. The number of imidazole rings is 1. The van der Waals surface area contributed by atoms with Gasteiger partial charge in [-0.3, -0.25) is 4.57 Å². The van der Waals surface area contributed by atoms with Crippen LogP contribution < -0.4 is 4.74 Å². The van der Waals surface area contributed by atoms with Gasteiger partial charge in [0.15, 0.2) is 5.82 Å². The van der Waals surface area contributed by atoms with Gasteiger partial charge in [-0.25, -0.2) is 14.1 Å². The SMILES string of the molecule is Cc1nnn(-c2ccc(C(C)F)cc2)c1COc1ccc(-n2cnc(C(C)O)c2)nn1. The average molecular weight is 423 g/mol. The standard InChI is InChI=1S/C21H22FN7O2/c1-13(22)16-4-6-17(7-5-16)29-19(14(2)24-27-29)11-31-21-9-8-20(25-26-21)28-10-18(15(3)30)23-12-28/h4-10,12-13,15,30H,11H2,1-3H3. The van der Waals surface area contributed by atoms with E-state index in [9.17, 15) is 9.50 Å². The molecule has 0 saturated carbocycles. The molecule has 160 valence electrons. The number of rotatable bonds is 7. The van der Waals surface area contributed by atoms with Gasteiger partial charge in [-0.2, -0.15) is 0 Å². The van der Waals surface area contributed by atoms with E-state index in [-0.39, 0.29) is 6.61 Å². The van der Waals surface area contributed by atoms with Gasteiger partial charge in [0.05, 0.1) is 23.2 Å². The summed E-state index contributed by atoms with van der Waals surface area (Å²) in [6.45, 7) is 5.17. The van der Waals surface area contributed by atoms with E-state index in [1.807, 2.05) is 6.92 Å². The Balaban J connectivity index is 1.47. The molecule has 0 aliphatic carbocycles. The van der Waals surface area contributed by atoms with Gasteiger partial charge in [0.1, 0.15) is 24.8 Å². The van der Waals surface area contributed by atoms with Gasteiger partial charge in [-0.1, -0.05) is 17.3 Å². The normalized spacial score (nSPS) is 13.2. The smallest absolute Gasteiger partial charge is 0.233 e. The van der Waals surface area contributed by atoms with E-state index < -0.39 is 12.3 Å². The van der Waals surface area contributed by atoms with Crippen molar-refractivity contribution in [2.45, 2.75) is 39.7 Å². The summed E-state index contributed by atoms with van der Waals surface area (Å²) in [4.78, 5) is 4.12. The highest BCUT2D eigenvalue weighted by molar-refractivity contribution is 5.36. The van der Waals surface area contributed by atoms with Crippen molar-refractivity contribution in [2.75, 3.05) is 0 Å². The van der Waals surface area contributed by atoms with Gasteiger partial charge in [0.2, 0.25) is 5.88 Å². The number of hydrogen-bond acceptors (Lipinski definition) is 7. The van der Waals surface area contributed by atoms with Crippen LogP contribution in [0.1, 0.15) is 48.8 Å². The second kappa shape index (κ2) is 8.60. The summed E-state index contributed by atoms with van der Waals surface area (Å²) in [5.41, 5.74) is 3.39. The lowest BCUT2D eigenvalue weighted by atomic mass is 10.1. The molecular formula is C21H22FN7O2. The van der Waals surface area contributed by atoms with Gasteiger partial charge in [-0.15, -0.1) is 15.3 Å². The van der Waals surface area contributed by atoms with Crippen LogP contribution in [0.5, 0.6) is 5.88 Å². The molecule has 0 fully saturated rings. The van der Waals surface area contributed by atoms with Crippen molar-refractivity contribution in [3.05, 3.63) is 71.6 Å². The van der Waals surface area contributed by atoms with E-state index >= 15 is 0 Å². The number of nitrogens with zero attached hydrogens (tertiary/aromatic N) is 7. The molecule has 1 aromatic carbocycles. The summed E-state index contributed by atoms with van der Waals surface area (Å²) < 4.78 is 22.6. The summed E-state index contributed by atoms with van der Waals surface area (Å²) in [5, 5.41) is 26.1. The van der Waals surface area contributed by atoms with Gasteiger partial charge in [0.25, 0.3) is 0 Å². The Hall–Kier alpha value is -3.66. The van der Waals surface area contributed by atoms with Crippen LogP contribution in [0.2, 0.25) is 0 Å². The molecule has 10 heteroatoms. The molecule has 4 rings (SSSR count). The van der Waals surface area contributed by atoms with E-state index in [4.69, 9.17) is 4.74 Å². The maximum absolute atomic E-state index is 13.4. The molecule has 9 nitrogen and oxygen atoms in total. The molecule has 2 unspecified atom stereocenters. The number of halogens is 1. The minimum Gasteiger partial charge on any atom is -0.470 e. The Labute approximate surface area is 178 Å². The van der Waals surface area contributed by atoms with Crippen molar-refractivity contribution < 1.29 is 14.2 Å². The number of aryl methyl sites for hydroxylation is 1. The molecule has 4 aromatic rings. The number of alkyl halides is 1. The molecule has 0 spiro atoms. The number of hydrogen-bond donors (Lipinski definition) is 1. The summed E-state index contributed by atoms with van der Waals surface area (Å²) in [5.74, 6) is 0.894. The molecule has 0 amide bonds. The topological polar surface area (TPSA) is 104 Å². The number of aliphatic hydroxyl groups is 1. The molecule has 0 bridgehead atoms. The van der Waals surface area contributed by atoms with Crippen LogP contribution in [-0.2, 0) is 6.61 Å². The first kappa shape index (κ1) is 20.6. The Morgan fingerprint density at radius 2 is 1.84 bits per heavy atom. The maximum Gasteiger partial charge on any atom is 0.233 e. The van der Waals surface area contributed by atoms with Gasteiger partial charge in [-0.05, 0) is 44.5 Å². The van der Waals surface area contributed by atoms with E-state index in [2.05, 4.69) is 25.5 Å². The third kappa shape index (κ3) is 4.43. The first-order valence-corrected chi connectivity index (χ1v) is 9.77. The van der Waals surface area contributed by atoms with E-state index in [0.717, 1.165) is 17.1 Å². The van der Waals surface area contributed by atoms with Crippen molar-refractivity contribution >= 4 is 0 Å². The first-order chi connectivity index (χ1) is 14.9. The highest BCUT2D eigenvalue weighted by atomic mass is 19.1. The van der Waals surface area contributed by atoms with Crippen LogP contribution >= 0.6 is 0 Å². The zero-order valence-electron chi connectivity index (χ0n) is 17.3. The lowest BCUT2D eigenvalue weighted by molar-refractivity contribution is 0.195. The predicted molar refractivity (Wildman–Crippen MR) is 110 cm³/mol. The quantitative estimate of drug-likeness (QED) is 0.487. The minimum absolute atomic E-state index is 0.186. The lowest BCUT2D eigenvalue weighted by Crippen LogP contribution is -2.08. The fourth-order valence-electron chi connectivity index (χ4n) is 2.98. The molecular weight excluding hydrogens is 401 g/mol. The van der Waals surface area contributed by atoms with Gasteiger partial charge < -0.3 is 9.84 Å². The molecule has 31 heavy (non-hydrogen) atoms. The number of aromatic nitrogens is 7. The number of aliphatic hydroxyl groups excluding tert-OH is 1. The molecule has 3 heterocycles. The molecule has 0 radical (unpaired) electrons. The van der Waals surface area contributed by atoms with Crippen molar-refractivity contribution in [3.63, 3.8) is 0 Å². The summed E-state index contributed by atoms with van der Waals surface area (Å²) in [6.07, 6.45) is 1.57. The fourth-order valence-corrected chi connectivity index (χ4v) is 2.98. The van der Waals surface area contributed by atoms with E-state index in [1.54, 1.807) is 65.1 Å². The second-order valence-corrected chi connectivity index (χ2v) is 7.14. The Kier molecular flexibility index (Phi) is 5.72. The van der Waals surface area contributed by atoms with Crippen LogP contribution in [-0.4, -0.2) is 39.8 Å². The summed E-state index contributed by atoms with van der Waals surface area (Å²) in [6, 6.07) is 10.5. The van der Waals surface area contributed by atoms with Crippen molar-refractivity contribution in [3.8, 4) is 17.4 Å². The average Bonchev–Trinajstić information content (AvgIpc) is 3.40. The van der Waals surface area contributed by atoms with Gasteiger partial charge >= 0.3 is 0 Å². The third-order valence-corrected chi connectivity index (χ3v) is 4.83. The monoisotopic (exact) mass is 423 g/mol. The molecule has 3 aromatic heterocycles. The van der Waals surface area contributed by atoms with Crippen molar-refractivity contribution in [1.29, 1.82) is 0 Å². The van der Waals surface area contributed by atoms with Crippen LogP contribution in [0.4, 0.5) is 4.39 Å². The van der Waals surface area contributed by atoms with E-state index in [1.165, 1.54) is 6.92 Å². The summed E-state index contributed by atoms with van der Waals surface area (Å²) >= 11 is 0. The number of ether oxygens (including phenoxy) is 1. The van der Waals surface area contributed by atoms with Crippen LogP contribution in [0.3, 0.4) is 0 Å². The maximum atomic E-state index is 13.4. The molecule has 0 aliphatic heterocycles. The third-order valence-electron chi connectivity index (χ3n) is 4.83. The van der Waals surface area contributed by atoms with E-state index in [0.29, 0.717) is 23.0 Å². The number of benzene rings is 1. The second-order valence-electron chi connectivity index (χ2n) is 7.14. The van der Waals surface area contributed by atoms with Crippen LogP contribution in [0, 0.1) is 6.92 Å². The summed E-state index contributed by atoms with van der Waals surface area (Å²) in [7, 11) is 0.